The average molecular weight is 388 g/mol. The van der Waals surface area contributed by atoms with Gasteiger partial charge in [0.05, 0.1) is 18.8 Å². The molecular weight excluding hydrogens is 357 g/mol. The van der Waals surface area contributed by atoms with Gasteiger partial charge in [0.2, 0.25) is 0 Å². The minimum absolute atomic E-state index is 0.0321. The third-order valence-electron chi connectivity index (χ3n) is 4.78. The van der Waals surface area contributed by atoms with Crippen LogP contribution in [-0.2, 0) is 26.4 Å². The normalized spacial score (nSPS) is 18.9. The molecule has 1 saturated heterocycles. The van der Waals surface area contributed by atoms with Crippen LogP contribution in [0.1, 0.15) is 44.1 Å². The summed E-state index contributed by atoms with van der Waals surface area (Å²) in [4.78, 5) is 6.11. The lowest BCUT2D eigenvalue weighted by Crippen LogP contribution is -2.45. The Morgan fingerprint density at radius 3 is 2.59 bits per heavy atom. The predicted molar refractivity (Wildman–Crippen MR) is 101 cm³/mol. The number of halogens is 3. The van der Waals surface area contributed by atoms with Crippen molar-refractivity contribution in [3.8, 4) is 0 Å². The Bertz CT molecular complexity index is 638. The first kappa shape index (κ1) is 21.5. The molecule has 27 heavy (non-hydrogen) atoms. The maximum absolute atomic E-state index is 12.6. The van der Waals surface area contributed by atoms with E-state index in [0.29, 0.717) is 38.6 Å². The van der Waals surface area contributed by atoms with E-state index in [0.717, 1.165) is 24.1 Å². The zero-order valence-electron chi connectivity index (χ0n) is 16.7. The molecule has 1 unspecified atom stereocenters. The van der Waals surface area contributed by atoms with Gasteiger partial charge in [-0.2, -0.15) is 18.3 Å². The van der Waals surface area contributed by atoms with Gasteiger partial charge in [0.15, 0.2) is 5.96 Å². The molecule has 0 bridgehead atoms. The summed E-state index contributed by atoms with van der Waals surface area (Å²) in [6.07, 6.45) is -1.75. The lowest BCUT2D eigenvalue weighted by atomic mass is 10.1. The van der Waals surface area contributed by atoms with Crippen LogP contribution in [0.25, 0.3) is 0 Å². The van der Waals surface area contributed by atoms with Crippen molar-refractivity contribution in [2.45, 2.75) is 58.8 Å². The van der Waals surface area contributed by atoms with Gasteiger partial charge in [-0.05, 0) is 26.2 Å². The summed E-state index contributed by atoms with van der Waals surface area (Å²) in [6.45, 7) is 7.31. The molecule has 1 fully saturated rings. The van der Waals surface area contributed by atoms with Crippen LogP contribution >= 0.6 is 0 Å². The second-order valence-electron chi connectivity index (χ2n) is 6.88. The third-order valence-corrected chi connectivity index (χ3v) is 4.78. The molecule has 154 valence electrons. The number of aromatic nitrogens is 2. The van der Waals surface area contributed by atoms with Gasteiger partial charge in [-0.1, -0.05) is 13.8 Å². The van der Waals surface area contributed by atoms with E-state index in [1.54, 1.807) is 0 Å². The highest BCUT2D eigenvalue weighted by atomic mass is 19.4. The van der Waals surface area contributed by atoms with E-state index in [1.165, 1.54) is 10.6 Å². The number of guanidine groups is 1. The van der Waals surface area contributed by atoms with Crippen LogP contribution in [0.4, 0.5) is 13.2 Å². The Morgan fingerprint density at radius 2 is 2.00 bits per heavy atom. The second-order valence-corrected chi connectivity index (χ2v) is 6.88. The number of hydrogen-bond acceptors (Lipinski definition) is 3. The predicted octanol–water partition coefficient (Wildman–Crippen LogP) is 2.24. The summed E-state index contributed by atoms with van der Waals surface area (Å²) < 4.78 is 39.6. The molecule has 1 aromatic rings. The van der Waals surface area contributed by atoms with E-state index in [1.807, 2.05) is 18.7 Å². The number of nitrogens with one attached hydrogen (secondary N) is 2. The molecule has 0 aromatic carbocycles. The standard InChI is InChI=1S/C18H31F3N6/c1-5-15-14(16(6-2)26(4)25-15)10-23-17(22-7-3)24-13-8-9-27(11-13)12-18(19,20)21/h13H,5-12H2,1-4H3,(H2,22,23,24). The van der Waals surface area contributed by atoms with Crippen LogP contribution in [0, 0.1) is 0 Å². The van der Waals surface area contributed by atoms with Crippen LogP contribution in [0.5, 0.6) is 0 Å². The van der Waals surface area contributed by atoms with Crippen LogP contribution in [0.15, 0.2) is 4.99 Å². The molecule has 2 rings (SSSR count). The second kappa shape index (κ2) is 9.43. The van der Waals surface area contributed by atoms with Crippen LogP contribution in [-0.4, -0.2) is 59.0 Å². The largest absolute Gasteiger partial charge is 0.401 e. The van der Waals surface area contributed by atoms with E-state index in [2.05, 4.69) is 34.6 Å². The Hall–Kier alpha value is -1.77. The molecule has 2 N–H and O–H groups in total. The van der Waals surface area contributed by atoms with Crippen LogP contribution in [0.3, 0.4) is 0 Å². The fourth-order valence-corrected chi connectivity index (χ4v) is 3.59. The van der Waals surface area contributed by atoms with Crippen LogP contribution < -0.4 is 10.6 Å². The molecule has 1 aliphatic heterocycles. The monoisotopic (exact) mass is 388 g/mol. The number of hydrogen-bond donors (Lipinski definition) is 2. The first-order valence-corrected chi connectivity index (χ1v) is 9.64. The Labute approximate surface area is 159 Å². The zero-order chi connectivity index (χ0) is 20.0. The highest BCUT2D eigenvalue weighted by Crippen LogP contribution is 2.20. The fourth-order valence-electron chi connectivity index (χ4n) is 3.59. The summed E-state index contributed by atoms with van der Waals surface area (Å²) in [7, 11) is 1.95. The van der Waals surface area contributed by atoms with Crippen molar-refractivity contribution >= 4 is 5.96 Å². The molecule has 0 aliphatic carbocycles. The summed E-state index contributed by atoms with van der Waals surface area (Å²) >= 11 is 0. The van der Waals surface area contributed by atoms with Crippen molar-refractivity contribution in [2.75, 3.05) is 26.2 Å². The van der Waals surface area contributed by atoms with Crippen molar-refractivity contribution in [3.63, 3.8) is 0 Å². The van der Waals surface area contributed by atoms with Gasteiger partial charge in [-0.3, -0.25) is 9.58 Å². The third kappa shape index (κ3) is 6.12. The molecule has 1 aliphatic rings. The highest BCUT2D eigenvalue weighted by Gasteiger charge is 2.34. The van der Waals surface area contributed by atoms with Gasteiger partial charge >= 0.3 is 6.18 Å². The minimum atomic E-state index is -4.15. The summed E-state index contributed by atoms with van der Waals surface area (Å²) in [6, 6.07) is -0.0321. The topological polar surface area (TPSA) is 57.5 Å². The number of aryl methyl sites for hydroxylation is 2. The van der Waals surface area contributed by atoms with Gasteiger partial charge in [0, 0.05) is 44.0 Å². The Balaban J connectivity index is 2.03. The number of likely N-dealkylation sites (tertiary alicyclic amines) is 1. The maximum atomic E-state index is 12.6. The van der Waals surface area contributed by atoms with Gasteiger partial charge in [0.25, 0.3) is 0 Å². The molecule has 6 nitrogen and oxygen atoms in total. The van der Waals surface area contributed by atoms with Crippen LogP contribution in [0.2, 0.25) is 0 Å². The van der Waals surface area contributed by atoms with Gasteiger partial charge < -0.3 is 10.6 Å². The van der Waals surface area contributed by atoms with E-state index >= 15 is 0 Å². The fraction of sp³-hybridized carbons (Fsp3) is 0.778. The van der Waals surface area contributed by atoms with Crippen molar-refractivity contribution in [3.05, 3.63) is 17.0 Å². The number of alkyl halides is 3. The lowest BCUT2D eigenvalue weighted by Gasteiger charge is -2.19. The summed E-state index contributed by atoms with van der Waals surface area (Å²) in [5.74, 6) is 0.643. The maximum Gasteiger partial charge on any atom is 0.401 e. The highest BCUT2D eigenvalue weighted by molar-refractivity contribution is 5.80. The smallest absolute Gasteiger partial charge is 0.357 e. The number of rotatable bonds is 7. The van der Waals surface area contributed by atoms with Crippen molar-refractivity contribution in [1.29, 1.82) is 0 Å². The minimum Gasteiger partial charge on any atom is -0.357 e. The molecular formula is C18H31F3N6. The van der Waals surface area contributed by atoms with Crippen molar-refractivity contribution in [2.24, 2.45) is 12.0 Å². The molecule has 2 heterocycles. The quantitative estimate of drug-likeness (QED) is 0.556. The molecule has 0 saturated carbocycles. The summed E-state index contributed by atoms with van der Waals surface area (Å²) in [5, 5.41) is 11.0. The Morgan fingerprint density at radius 1 is 1.26 bits per heavy atom. The van der Waals surface area contributed by atoms with E-state index < -0.39 is 12.7 Å². The SMILES string of the molecule is CCNC(=NCc1c(CC)nn(C)c1CC)NC1CCN(CC(F)(F)F)C1. The van der Waals surface area contributed by atoms with Crippen molar-refractivity contribution in [1.82, 2.24) is 25.3 Å². The first-order chi connectivity index (χ1) is 12.8. The van der Waals surface area contributed by atoms with Crippen molar-refractivity contribution < 1.29 is 13.2 Å². The van der Waals surface area contributed by atoms with E-state index in [4.69, 9.17) is 0 Å². The lowest BCUT2D eigenvalue weighted by molar-refractivity contribution is -0.143. The van der Waals surface area contributed by atoms with E-state index in [-0.39, 0.29) is 6.04 Å². The zero-order valence-corrected chi connectivity index (χ0v) is 16.7. The Kier molecular flexibility index (Phi) is 7.52. The number of nitrogens with zero attached hydrogens (tertiary/aromatic N) is 4. The number of aliphatic imine (C=N–C) groups is 1. The molecule has 1 atom stereocenters. The molecule has 9 heteroatoms. The van der Waals surface area contributed by atoms with Gasteiger partial charge in [-0.15, -0.1) is 0 Å². The molecule has 0 radical (unpaired) electrons. The average Bonchev–Trinajstić information content (AvgIpc) is 3.14. The van der Waals surface area contributed by atoms with E-state index in [9.17, 15) is 13.2 Å². The molecule has 0 spiro atoms. The summed E-state index contributed by atoms with van der Waals surface area (Å²) in [5.41, 5.74) is 3.36. The van der Waals surface area contributed by atoms with Gasteiger partial charge in [0.1, 0.15) is 0 Å². The molecule has 0 amide bonds. The van der Waals surface area contributed by atoms with Gasteiger partial charge in [-0.25, -0.2) is 4.99 Å². The first-order valence-electron chi connectivity index (χ1n) is 9.64. The molecule has 1 aromatic heterocycles.